The van der Waals surface area contributed by atoms with Crippen molar-refractivity contribution < 1.29 is 4.74 Å². The number of nitrogen functional groups attached to an aromatic ring is 1. The number of methoxy groups -OCH3 is 1. The van der Waals surface area contributed by atoms with Gasteiger partial charge in [-0.05, 0) is 36.3 Å². The van der Waals surface area contributed by atoms with Crippen molar-refractivity contribution in [2.75, 3.05) is 24.4 Å². The fourth-order valence-corrected chi connectivity index (χ4v) is 2.76. The molecule has 6 nitrogen and oxygen atoms in total. The molecule has 0 fully saturated rings. The second kappa shape index (κ2) is 7.50. The Morgan fingerprint density at radius 2 is 1.96 bits per heavy atom. The number of nitrogens with two attached hydrogens (primary N) is 1. The van der Waals surface area contributed by atoms with E-state index in [2.05, 4.69) is 46.2 Å². The molecule has 0 spiro atoms. The Kier molecular flexibility index (Phi) is 5.65. The molecule has 2 rings (SSSR count). The molecule has 0 bridgehead atoms. The standard InChI is InChI=1S/C16H23N5OS/c1-9(2)13(11-6-7-12(22-4)10(3)8-11)18-15-19-14(17)20-16(21-15)23-5/h6-9,13H,1-5H3,(H3,17,18,19,20,21). The Bertz CT molecular complexity index is 678. The summed E-state index contributed by atoms with van der Waals surface area (Å²) in [6, 6.07) is 6.23. The van der Waals surface area contributed by atoms with E-state index in [0.29, 0.717) is 17.0 Å². The summed E-state index contributed by atoms with van der Waals surface area (Å²) in [5.74, 6) is 1.94. The molecule has 0 aliphatic carbocycles. The number of nitrogens with zero attached hydrogens (tertiary/aromatic N) is 3. The lowest BCUT2D eigenvalue weighted by Crippen LogP contribution is -2.19. The summed E-state index contributed by atoms with van der Waals surface area (Å²) in [5.41, 5.74) is 8.01. The molecule has 23 heavy (non-hydrogen) atoms. The molecule has 3 N–H and O–H groups in total. The highest BCUT2D eigenvalue weighted by atomic mass is 32.2. The summed E-state index contributed by atoms with van der Waals surface area (Å²) in [6.07, 6.45) is 1.91. The second-order valence-corrected chi connectivity index (χ2v) is 6.37. The molecule has 124 valence electrons. The van der Waals surface area contributed by atoms with Crippen LogP contribution in [0.2, 0.25) is 0 Å². The number of benzene rings is 1. The largest absolute Gasteiger partial charge is 0.496 e. The van der Waals surface area contributed by atoms with Crippen LogP contribution >= 0.6 is 11.8 Å². The molecule has 0 aliphatic rings. The lowest BCUT2D eigenvalue weighted by molar-refractivity contribution is 0.411. The first kappa shape index (κ1) is 17.3. The monoisotopic (exact) mass is 333 g/mol. The lowest BCUT2D eigenvalue weighted by Gasteiger charge is -2.24. The van der Waals surface area contributed by atoms with Crippen LogP contribution in [0, 0.1) is 12.8 Å². The average Bonchev–Trinajstić information content (AvgIpc) is 2.51. The van der Waals surface area contributed by atoms with Gasteiger partial charge in [-0.25, -0.2) is 0 Å². The van der Waals surface area contributed by atoms with Crippen LogP contribution in [0.4, 0.5) is 11.9 Å². The molecule has 1 aromatic heterocycles. The quantitative estimate of drug-likeness (QED) is 0.784. The summed E-state index contributed by atoms with van der Waals surface area (Å²) in [7, 11) is 1.68. The minimum atomic E-state index is 0.0658. The highest BCUT2D eigenvalue weighted by molar-refractivity contribution is 7.98. The van der Waals surface area contributed by atoms with Crippen molar-refractivity contribution in [3.05, 3.63) is 29.3 Å². The number of rotatable bonds is 6. The van der Waals surface area contributed by atoms with Crippen molar-refractivity contribution in [2.24, 2.45) is 5.92 Å². The molecule has 0 saturated heterocycles. The fraction of sp³-hybridized carbons (Fsp3) is 0.438. The maximum absolute atomic E-state index is 5.76. The number of hydrogen-bond acceptors (Lipinski definition) is 7. The molecule has 1 unspecified atom stereocenters. The van der Waals surface area contributed by atoms with Crippen molar-refractivity contribution in [3.8, 4) is 5.75 Å². The van der Waals surface area contributed by atoms with Gasteiger partial charge in [-0.3, -0.25) is 0 Å². The zero-order chi connectivity index (χ0) is 17.0. The number of aryl methyl sites for hydroxylation is 1. The van der Waals surface area contributed by atoms with Crippen LogP contribution < -0.4 is 15.8 Å². The number of nitrogens with one attached hydrogen (secondary N) is 1. The van der Waals surface area contributed by atoms with Crippen molar-refractivity contribution >= 4 is 23.7 Å². The smallest absolute Gasteiger partial charge is 0.228 e. The molecule has 7 heteroatoms. The predicted molar refractivity (Wildman–Crippen MR) is 95.0 cm³/mol. The number of thioether (sulfide) groups is 1. The Balaban J connectivity index is 2.32. The summed E-state index contributed by atoms with van der Waals surface area (Å²) < 4.78 is 5.33. The van der Waals surface area contributed by atoms with E-state index in [-0.39, 0.29) is 12.0 Å². The maximum Gasteiger partial charge on any atom is 0.228 e. The van der Waals surface area contributed by atoms with Gasteiger partial charge in [0, 0.05) is 0 Å². The second-order valence-electron chi connectivity index (χ2n) is 5.60. The first-order valence-corrected chi connectivity index (χ1v) is 8.63. The number of ether oxygens (including phenoxy) is 1. The zero-order valence-corrected chi connectivity index (χ0v) is 14.9. The summed E-state index contributed by atoms with van der Waals surface area (Å²) in [6.45, 7) is 6.33. The van der Waals surface area contributed by atoms with E-state index in [9.17, 15) is 0 Å². The number of anilines is 2. The Morgan fingerprint density at radius 3 is 2.52 bits per heavy atom. The fourth-order valence-electron chi connectivity index (χ4n) is 2.40. The molecule has 1 aromatic carbocycles. The van der Waals surface area contributed by atoms with Gasteiger partial charge in [0.2, 0.25) is 11.9 Å². The van der Waals surface area contributed by atoms with Crippen LogP contribution in [-0.4, -0.2) is 28.3 Å². The Labute approximate surface area is 141 Å². The van der Waals surface area contributed by atoms with Crippen molar-refractivity contribution in [1.29, 1.82) is 0 Å². The SMILES string of the molecule is COc1ccc(C(Nc2nc(N)nc(SC)n2)C(C)C)cc1C. The van der Waals surface area contributed by atoms with E-state index >= 15 is 0 Å². The van der Waals surface area contributed by atoms with E-state index in [1.54, 1.807) is 7.11 Å². The van der Waals surface area contributed by atoms with Gasteiger partial charge in [-0.15, -0.1) is 0 Å². The van der Waals surface area contributed by atoms with E-state index in [0.717, 1.165) is 16.9 Å². The summed E-state index contributed by atoms with van der Waals surface area (Å²) in [5, 5.41) is 3.98. The first-order valence-electron chi connectivity index (χ1n) is 7.41. The third kappa shape index (κ3) is 4.25. The summed E-state index contributed by atoms with van der Waals surface area (Å²) >= 11 is 1.44. The summed E-state index contributed by atoms with van der Waals surface area (Å²) in [4.78, 5) is 12.6. The van der Waals surface area contributed by atoms with Gasteiger partial charge in [-0.2, -0.15) is 15.0 Å². The topological polar surface area (TPSA) is 86.0 Å². The van der Waals surface area contributed by atoms with Crippen LogP contribution in [-0.2, 0) is 0 Å². The first-order chi connectivity index (χ1) is 10.9. The number of hydrogen-bond donors (Lipinski definition) is 2. The Morgan fingerprint density at radius 1 is 1.22 bits per heavy atom. The molecule has 0 radical (unpaired) electrons. The predicted octanol–water partition coefficient (Wildman–Crippen LogP) is 3.30. The lowest BCUT2D eigenvalue weighted by atomic mass is 9.94. The van der Waals surface area contributed by atoms with Crippen molar-refractivity contribution in [1.82, 2.24) is 15.0 Å². The minimum Gasteiger partial charge on any atom is -0.496 e. The molecule has 0 amide bonds. The van der Waals surface area contributed by atoms with Gasteiger partial charge in [0.25, 0.3) is 0 Å². The van der Waals surface area contributed by atoms with E-state index in [1.807, 2.05) is 19.2 Å². The van der Waals surface area contributed by atoms with Crippen LogP contribution in [0.5, 0.6) is 5.75 Å². The van der Waals surface area contributed by atoms with Gasteiger partial charge < -0.3 is 15.8 Å². The van der Waals surface area contributed by atoms with Crippen LogP contribution in [0.1, 0.15) is 31.0 Å². The Hall–Kier alpha value is -2.02. The molecule has 0 aliphatic heterocycles. The third-order valence-electron chi connectivity index (χ3n) is 3.54. The van der Waals surface area contributed by atoms with Gasteiger partial charge in [0.15, 0.2) is 5.16 Å². The van der Waals surface area contributed by atoms with Crippen LogP contribution in [0.25, 0.3) is 0 Å². The van der Waals surface area contributed by atoms with E-state index in [4.69, 9.17) is 10.5 Å². The van der Waals surface area contributed by atoms with Gasteiger partial charge in [-0.1, -0.05) is 37.7 Å². The molecule has 1 atom stereocenters. The molecule has 0 saturated carbocycles. The van der Waals surface area contributed by atoms with Gasteiger partial charge in [0.1, 0.15) is 5.75 Å². The van der Waals surface area contributed by atoms with E-state index in [1.165, 1.54) is 11.8 Å². The molecular formula is C16H23N5OS. The van der Waals surface area contributed by atoms with Crippen LogP contribution in [0.15, 0.2) is 23.4 Å². The highest BCUT2D eigenvalue weighted by Gasteiger charge is 2.18. The van der Waals surface area contributed by atoms with E-state index < -0.39 is 0 Å². The average molecular weight is 333 g/mol. The molecule has 2 aromatic rings. The normalized spacial score (nSPS) is 12.3. The molecule has 1 heterocycles. The number of aromatic nitrogens is 3. The zero-order valence-electron chi connectivity index (χ0n) is 14.1. The van der Waals surface area contributed by atoms with Gasteiger partial charge >= 0.3 is 0 Å². The minimum absolute atomic E-state index is 0.0658. The maximum atomic E-state index is 5.76. The van der Waals surface area contributed by atoms with Crippen molar-refractivity contribution in [3.63, 3.8) is 0 Å². The van der Waals surface area contributed by atoms with Crippen LogP contribution in [0.3, 0.4) is 0 Å². The molecular weight excluding hydrogens is 310 g/mol. The van der Waals surface area contributed by atoms with Crippen molar-refractivity contribution in [2.45, 2.75) is 32.0 Å². The highest BCUT2D eigenvalue weighted by Crippen LogP contribution is 2.29. The third-order valence-corrected chi connectivity index (χ3v) is 4.09. The van der Waals surface area contributed by atoms with Gasteiger partial charge in [0.05, 0.1) is 13.2 Å².